The topological polar surface area (TPSA) is 68.5 Å². The minimum atomic E-state index is -0.267. The second-order valence-corrected chi connectivity index (χ2v) is 7.25. The van der Waals surface area contributed by atoms with E-state index in [2.05, 4.69) is 5.32 Å². The summed E-state index contributed by atoms with van der Waals surface area (Å²) in [5.41, 5.74) is 4.56. The number of rotatable bonds is 5. The summed E-state index contributed by atoms with van der Waals surface area (Å²) in [6, 6.07) is 26.7. The van der Waals surface area contributed by atoms with Crippen molar-refractivity contribution in [3.63, 3.8) is 0 Å². The number of nitrogens with one attached hydrogen (secondary N) is 1. The van der Waals surface area contributed by atoms with Gasteiger partial charge in [0.25, 0.3) is 5.91 Å². The molecular weight excluding hydrogens is 400 g/mol. The molecule has 2 aromatic heterocycles. The number of amides is 1. The first kappa shape index (κ1) is 19.5. The Bertz CT molecular complexity index is 1380. The number of carbonyl (C=O) groups excluding carboxylic acids is 1. The Kier molecular flexibility index (Phi) is 5.09. The lowest BCUT2D eigenvalue weighted by Gasteiger charge is -2.09. The SMILES string of the molecule is COc1ccc(C(=O)Nc2nc(-c3ccccc3)cn3cc(-c4ccccc4)nc23)cc1. The molecule has 0 saturated carbocycles. The van der Waals surface area contributed by atoms with Crippen molar-refractivity contribution in [1.82, 2.24) is 14.4 Å². The lowest BCUT2D eigenvalue weighted by atomic mass is 10.1. The van der Waals surface area contributed by atoms with Crippen LogP contribution >= 0.6 is 0 Å². The van der Waals surface area contributed by atoms with Gasteiger partial charge in [-0.25, -0.2) is 9.97 Å². The number of ether oxygens (including phenoxy) is 1. The number of anilines is 1. The third-order valence-electron chi connectivity index (χ3n) is 5.16. The average Bonchev–Trinajstić information content (AvgIpc) is 3.30. The van der Waals surface area contributed by atoms with Gasteiger partial charge in [-0.05, 0) is 24.3 Å². The zero-order valence-electron chi connectivity index (χ0n) is 17.4. The van der Waals surface area contributed by atoms with Gasteiger partial charge in [0.2, 0.25) is 0 Å². The molecule has 0 bridgehead atoms. The van der Waals surface area contributed by atoms with Crippen LogP contribution in [0.2, 0.25) is 0 Å². The Hall–Kier alpha value is -4.45. The summed E-state index contributed by atoms with van der Waals surface area (Å²) in [5.74, 6) is 0.819. The van der Waals surface area contributed by atoms with E-state index in [1.165, 1.54) is 0 Å². The maximum absolute atomic E-state index is 13.0. The van der Waals surface area contributed by atoms with Crippen molar-refractivity contribution in [3.8, 4) is 28.3 Å². The Morgan fingerprint density at radius 3 is 1.91 bits per heavy atom. The number of fused-ring (bicyclic) bond motifs is 1. The molecule has 0 aliphatic rings. The highest BCUT2D eigenvalue weighted by atomic mass is 16.5. The van der Waals surface area contributed by atoms with Crippen LogP contribution in [0.5, 0.6) is 5.75 Å². The molecule has 0 fully saturated rings. The highest BCUT2D eigenvalue weighted by Crippen LogP contribution is 2.26. The predicted octanol–water partition coefficient (Wildman–Crippen LogP) is 5.32. The fourth-order valence-corrected chi connectivity index (χ4v) is 3.50. The van der Waals surface area contributed by atoms with Gasteiger partial charge in [-0.1, -0.05) is 60.7 Å². The van der Waals surface area contributed by atoms with E-state index in [0.29, 0.717) is 22.8 Å². The summed E-state index contributed by atoms with van der Waals surface area (Å²) in [4.78, 5) is 22.4. The molecule has 0 saturated heterocycles. The Balaban J connectivity index is 1.59. The molecule has 6 heteroatoms. The van der Waals surface area contributed by atoms with E-state index in [1.807, 2.05) is 77.5 Å². The summed E-state index contributed by atoms with van der Waals surface area (Å²) < 4.78 is 7.08. The summed E-state index contributed by atoms with van der Waals surface area (Å²) >= 11 is 0. The monoisotopic (exact) mass is 420 g/mol. The molecule has 0 spiro atoms. The predicted molar refractivity (Wildman–Crippen MR) is 125 cm³/mol. The summed E-state index contributed by atoms with van der Waals surface area (Å²) in [5, 5.41) is 2.94. The lowest BCUT2D eigenvalue weighted by Crippen LogP contribution is -2.14. The smallest absolute Gasteiger partial charge is 0.256 e. The zero-order valence-corrected chi connectivity index (χ0v) is 17.4. The maximum Gasteiger partial charge on any atom is 0.256 e. The van der Waals surface area contributed by atoms with Crippen LogP contribution in [-0.2, 0) is 0 Å². The molecule has 0 aliphatic heterocycles. The number of carbonyl (C=O) groups is 1. The van der Waals surface area contributed by atoms with Gasteiger partial charge in [0, 0.05) is 29.1 Å². The van der Waals surface area contributed by atoms with Crippen molar-refractivity contribution in [2.75, 3.05) is 12.4 Å². The van der Waals surface area contributed by atoms with E-state index >= 15 is 0 Å². The first-order valence-electron chi connectivity index (χ1n) is 10.2. The van der Waals surface area contributed by atoms with Crippen molar-refractivity contribution < 1.29 is 9.53 Å². The number of benzene rings is 3. The van der Waals surface area contributed by atoms with Gasteiger partial charge >= 0.3 is 0 Å². The first-order valence-corrected chi connectivity index (χ1v) is 10.2. The van der Waals surface area contributed by atoms with Gasteiger partial charge in [0.15, 0.2) is 11.5 Å². The van der Waals surface area contributed by atoms with Crippen molar-refractivity contribution >= 4 is 17.4 Å². The van der Waals surface area contributed by atoms with Crippen LogP contribution in [0.25, 0.3) is 28.2 Å². The van der Waals surface area contributed by atoms with Gasteiger partial charge in [0.05, 0.1) is 18.5 Å². The van der Waals surface area contributed by atoms with Crippen molar-refractivity contribution in [2.45, 2.75) is 0 Å². The fraction of sp³-hybridized carbons (Fsp3) is 0.0385. The molecule has 0 aliphatic carbocycles. The third-order valence-corrected chi connectivity index (χ3v) is 5.16. The first-order chi connectivity index (χ1) is 15.7. The average molecular weight is 420 g/mol. The molecule has 6 nitrogen and oxygen atoms in total. The van der Waals surface area contributed by atoms with Crippen LogP contribution in [0.4, 0.5) is 5.82 Å². The molecule has 1 N–H and O–H groups in total. The number of hydrogen-bond acceptors (Lipinski definition) is 4. The van der Waals surface area contributed by atoms with Crippen LogP contribution in [0, 0.1) is 0 Å². The van der Waals surface area contributed by atoms with Gasteiger partial charge in [-0.2, -0.15) is 0 Å². The number of nitrogens with zero attached hydrogens (tertiary/aromatic N) is 3. The van der Waals surface area contributed by atoms with Crippen LogP contribution in [0.3, 0.4) is 0 Å². The van der Waals surface area contributed by atoms with E-state index in [1.54, 1.807) is 31.4 Å². The van der Waals surface area contributed by atoms with Crippen LogP contribution < -0.4 is 10.1 Å². The minimum absolute atomic E-state index is 0.267. The second kappa shape index (κ2) is 8.35. The summed E-state index contributed by atoms with van der Waals surface area (Å²) in [7, 11) is 1.59. The van der Waals surface area contributed by atoms with E-state index in [4.69, 9.17) is 14.7 Å². The molecule has 156 valence electrons. The standard InChI is InChI=1S/C26H20N4O2/c1-32-21-14-12-20(13-15-21)26(31)29-24-25-28-23(19-10-6-3-7-11-19)17-30(25)16-22(27-24)18-8-4-2-5-9-18/h2-17H,1H3,(H,27,29,31). The molecule has 2 heterocycles. The largest absolute Gasteiger partial charge is 0.497 e. The fourth-order valence-electron chi connectivity index (χ4n) is 3.50. The maximum atomic E-state index is 13.0. The summed E-state index contributed by atoms with van der Waals surface area (Å²) in [6.45, 7) is 0. The molecule has 0 atom stereocenters. The van der Waals surface area contributed by atoms with Crippen LogP contribution in [0.1, 0.15) is 10.4 Å². The molecule has 0 unspecified atom stereocenters. The van der Waals surface area contributed by atoms with Gasteiger partial charge in [-0.15, -0.1) is 0 Å². The van der Waals surface area contributed by atoms with E-state index in [9.17, 15) is 4.79 Å². The second-order valence-electron chi connectivity index (χ2n) is 7.25. The number of aromatic nitrogens is 3. The quantitative estimate of drug-likeness (QED) is 0.418. The number of hydrogen-bond donors (Lipinski definition) is 1. The van der Waals surface area contributed by atoms with Gasteiger partial charge in [0.1, 0.15) is 5.75 Å². The van der Waals surface area contributed by atoms with Gasteiger partial charge in [-0.3, -0.25) is 4.79 Å². The molecule has 0 radical (unpaired) electrons. The number of methoxy groups -OCH3 is 1. The highest BCUT2D eigenvalue weighted by molar-refractivity contribution is 6.05. The van der Waals surface area contributed by atoms with E-state index < -0.39 is 0 Å². The zero-order chi connectivity index (χ0) is 21.9. The van der Waals surface area contributed by atoms with Crippen LogP contribution in [-0.4, -0.2) is 27.4 Å². The normalized spacial score (nSPS) is 10.8. The molecule has 3 aromatic carbocycles. The van der Waals surface area contributed by atoms with E-state index in [-0.39, 0.29) is 5.91 Å². The Morgan fingerprint density at radius 2 is 1.34 bits per heavy atom. The molecule has 5 rings (SSSR count). The highest BCUT2D eigenvalue weighted by Gasteiger charge is 2.16. The minimum Gasteiger partial charge on any atom is -0.497 e. The summed E-state index contributed by atoms with van der Waals surface area (Å²) in [6.07, 6.45) is 3.87. The van der Waals surface area contributed by atoms with Crippen molar-refractivity contribution in [3.05, 3.63) is 103 Å². The van der Waals surface area contributed by atoms with Crippen molar-refractivity contribution in [1.29, 1.82) is 0 Å². The molecule has 5 aromatic rings. The number of imidazole rings is 1. The Labute approximate surface area is 185 Å². The molecule has 32 heavy (non-hydrogen) atoms. The van der Waals surface area contributed by atoms with Crippen molar-refractivity contribution in [2.24, 2.45) is 0 Å². The van der Waals surface area contributed by atoms with E-state index in [0.717, 1.165) is 22.5 Å². The van der Waals surface area contributed by atoms with Gasteiger partial charge < -0.3 is 14.5 Å². The Morgan fingerprint density at radius 1 is 0.781 bits per heavy atom. The van der Waals surface area contributed by atoms with Crippen LogP contribution in [0.15, 0.2) is 97.3 Å². The lowest BCUT2D eigenvalue weighted by molar-refractivity contribution is 0.102. The molecule has 1 amide bonds. The third kappa shape index (κ3) is 3.81. The molecular formula is C26H20N4O2.